The maximum absolute atomic E-state index is 11.9. The summed E-state index contributed by atoms with van der Waals surface area (Å²) < 4.78 is 10.7. The van der Waals surface area contributed by atoms with Crippen molar-refractivity contribution in [3.63, 3.8) is 0 Å². The van der Waals surface area contributed by atoms with Crippen LogP contribution in [-0.2, 0) is 16.0 Å². The molecule has 0 saturated carbocycles. The van der Waals surface area contributed by atoms with Crippen molar-refractivity contribution >= 4 is 11.6 Å². The number of hydrogen-bond acceptors (Lipinski definition) is 4. The second kappa shape index (κ2) is 7.31. The molecular formula is C16H24N2O3. The Balaban J connectivity index is 2.01. The van der Waals surface area contributed by atoms with E-state index in [1.807, 2.05) is 12.1 Å². The van der Waals surface area contributed by atoms with Gasteiger partial charge in [0.1, 0.15) is 5.75 Å². The van der Waals surface area contributed by atoms with Crippen LogP contribution in [0.1, 0.15) is 25.8 Å². The van der Waals surface area contributed by atoms with Crippen LogP contribution in [-0.4, -0.2) is 38.3 Å². The number of hydrogen-bond donors (Lipinski definition) is 2. The Bertz CT molecular complexity index is 490. The first-order valence-corrected chi connectivity index (χ1v) is 7.43. The molecular weight excluding hydrogens is 268 g/mol. The molecule has 0 spiro atoms. The number of carbonyl (C=O) groups excluding carboxylic acids is 1. The summed E-state index contributed by atoms with van der Waals surface area (Å²) in [4.78, 5) is 11.9. The Morgan fingerprint density at radius 1 is 1.52 bits per heavy atom. The molecule has 1 aromatic rings. The number of benzene rings is 1. The zero-order valence-electron chi connectivity index (χ0n) is 12.9. The van der Waals surface area contributed by atoms with Crippen LogP contribution in [0.2, 0.25) is 0 Å². The number of fused-ring (bicyclic) bond motifs is 1. The van der Waals surface area contributed by atoms with Crippen LogP contribution in [0.4, 0.5) is 5.69 Å². The monoisotopic (exact) mass is 292 g/mol. The maximum Gasteiger partial charge on any atom is 0.260 e. The lowest BCUT2D eigenvalue weighted by molar-refractivity contribution is -0.127. The van der Waals surface area contributed by atoms with Gasteiger partial charge in [-0.3, -0.25) is 4.79 Å². The molecule has 5 nitrogen and oxygen atoms in total. The first-order valence-electron chi connectivity index (χ1n) is 7.43. The molecule has 21 heavy (non-hydrogen) atoms. The highest BCUT2D eigenvalue weighted by molar-refractivity contribution is 5.81. The highest BCUT2D eigenvalue weighted by Crippen LogP contribution is 2.34. The van der Waals surface area contributed by atoms with Crippen molar-refractivity contribution in [2.45, 2.75) is 38.8 Å². The average molecular weight is 292 g/mol. The van der Waals surface area contributed by atoms with Gasteiger partial charge in [-0.1, -0.05) is 12.1 Å². The number of para-hydroxylation sites is 1. The summed E-state index contributed by atoms with van der Waals surface area (Å²) in [5, 5.41) is 6.23. The predicted molar refractivity (Wildman–Crippen MR) is 82.8 cm³/mol. The van der Waals surface area contributed by atoms with Crippen LogP contribution >= 0.6 is 0 Å². The number of nitrogens with one attached hydrogen (secondary N) is 2. The molecule has 0 radical (unpaired) electrons. The van der Waals surface area contributed by atoms with Crippen LogP contribution in [0, 0.1) is 0 Å². The summed E-state index contributed by atoms with van der Waals surface area (Å²) in [6.45, 7) is 4.90. The van der Waals surface area contributed by atoms with Gasteiger partial charge < -0.3 is 20.1 Å². The van der Waals surface area contributed by atoms with Crippen molar-refractivity contribution in [2.75, 3.05) is 25.6 Å². The van der Waals surface area contributed by atoms with Crippen molar-refractivity contribution in [1.82, 2.24) is 5.32 Å². The van der Waals surface area contributed by atoms with Gasteiger partial charge in [-0.2, -0.15) is 0 Å². The minimum atomic E-state index is -0.535. The molecule has 2 rings (SSSR count). The van der Waals surface area contributed by atoms with Crippen LogP contribution < -0.4 is 15.4 Å². The molecule has 116 valence electrons. The molecule has 2 N–H and O–H groups in total. The Morgan fingerprint density at radius 3 is 3.10 bits per heavy atom. The van der Waals surface area contributed by atoms with E-state index in [1.54, 1.807) is 14.0 Å². The molecule has 0 aromatic heterocycles. The number of carbonyl (C=O) groups is 1. The molecule has 1 heterocycles. The highest BCUT2D eigenvalue weighted by Gasteiger charge is 2.21. The van der Waals surface area contributed by atoms with Crippen LogP contribution in [0.5, 0.6) is 5.75 Å². The van der Waals surface area contributed by atoms with Crippen molar-refractivity contribution in [3.8, 4) is 5.75 Å². The third-order valence-corrected chi connectivity index (χ3v) is 3.63. The Labute approximate surface area is 126 Å². The van der Waals surface area contributed by atoms with Gasteiger partial charge in [-0.05, 0) is 38.3 Å². The number of anilines is 1. The number of rotatable bonds is 6. The van der Waals surface area contributed by atoms with E-state index in [9.17, 15) is 4.79 Å². The van der Waals surface area contributed by atoms with E-state index in [4.69, 9.17) is 9.47 Å². The first kappa shape index (κ1) is 15.6. The first-order chi connectivity index (χ1) is 10.1. The summed E-state index contributed by atoms with van der Waals surface area (Å²) in [6.07, 6.45) is 1.62. The fourth-order valence-electron chi connectivity index (χ4n) is 2.40. The summed E-state index contributed by atoms with van der Waals surface area (Å²) in [5.74, 6) is 0.613. The molecule has 1 amide bonds. The lowest BCUT2D eigenvalue weighted by Crippen LogP contribution is -2.38. The molecule has 2 atom stereocenters. The zero-order valence-corrected chi connectivity index (χ0v) is 12.9. The van der Waals surface area contributed by atoms with Gasteiger partial charge >= 0.3 is 0 Å². The van der Waals surface area contributed by atoms with Crippen LogP contribution in [0.15, 0.2) is 18.2 Å². The Hall–Kier alpha value is -1.75. The van der Waals surface area contributed by atoms with Gasteiger partial charge in [0.2, 0.25) is 0 Å². The SMILES string of the molecule is COCCNC(=O)C(C)Oc1cccc2c1NC(C)CC2. The molecule has 1 aromatic carbocycles. The average Bonchev–Trinajstić information content (AvgIpc) is 2.48. The van der Waals surface area contributed by atoms with Gasteiger partial charge in [-0.25, -0.2) is 0 Å². The molecule has 0 saturated heterocycles. The van der Waals surface area contributed by atoms with Gasteiger partial charge in [0.15, 0.2) is 6.10 Å². The fraction of sp³-hybridized carbons (Fsp3) is 0.562. The normalized spacial score (nSPS) is 18.3. The van der Waals surface area contributed by atoms with Crippen LogP contribution in [0.25, 0.3) is 0 Å². The standard InChI is InChI=1S/C16H24N2O3/c1-11-7-8-13-5-4-6-14(15(13)18-11)21-12(2)16(19)17-9-10-20-3/h4-6,11-12,18H,7-10H2,1-3H3,(H,17,19). The van der Waals surface area contributed by atoms with E-state index < -0.39 is 6.10 Å². The topological polar surface area (TPSA) is 59.6 Å². The summed E-state index contributed by atoms with van der Waals surface area (Å²) in [7, 11) is 1.61. The second-order valence-corrected chi connectivity index (χ2v) is 5.42. The molecule has 0 fully saturated rings. The lowest BCUT2D eigenvalue weighted by atomic mass is 9.98. The predicted octanol–water partition coefficient (Wildman–Crippen LogP) is 1.96. The molecule has 1 aliphatic rings. The number of amides is 1. The van der Waals surface area contributed by atoms with Gasteiger partial charge in [0, 0.05) is 19.7 Å². The third-order valence-electron chi connectivity index (χ3n) is 3.63. The quantitative estimate of drug-likeness (QED) is 0.787. The number of ether oxygens (including phenoxy) is 2. The van der Waals surface area contributed by atoms with Crippen molar-refractivity contribution in [2.24, 2.45) is 0 Å². The summed E-state index contributed by atoms with van der Waals surface area (Å²) >= 11 is 0. The lowest BCUT2D eigenvalue weighted by Gasteiger charge is -2.27. The van der Waals surface area contributed by atoms with E-state index in [2.05, 4.69) is 23.6 Å². The molecule has 0 aliphatic carbocycles. The van der Waals surface area contributed by atoms with Crippen molar-refractivity contribution in [3.05, 3.63) is 23.8 Å². The summed E-state index contributed by atoms with van der Waals surface area (Å²) in [5.41, 5.74) is 2.27. The van der Waals surface area contributed by atoms with E-state index in [0.29, 0.717) is 19.2 Å². The molecule has 1 aliphatic heterocycles. The minimum absolute atomic E-state index is 0.131. The Morgan fingerprint density at radius 2 is 2.33 bits per heavy atom. The van der Waals surface area contributed by atoms with Gasteiger partial charge in [-0.15, -0.1) is 0 Å². The largest absolute Gasteiger partial charge is 0.479 e. The number of aryl methyl sites for hydroxylation is 1. The van der Waals surface area contributed by atoms with Crippen molar-refractivity contribution in [1.29, 1.82) is 0 Å². The van der Waals surface area contributed by atoms with Crippen molar-refractivity contribution < 1.29 is 14.3 Å². The van der Waals surface area contributed by atoms with E-state index in [-0.39, 0.29) is 5.91 Å². The van der Waals surface area contributed by atoms with E-state index >= 15 is 0 Å². The molecule has 5 heteroatoms. The maximum atomic E-state index is 11.9. The molecule has 2 unspecified atom stereocenters. The third kappa shape index (κ3) is 4.11. The number of methoxy groups -OCH3 is 1. The Kier molecular flexibility index (Phi) is 5.44. The van der Waals surface area contributed by atoms with Crippen LogP contribution in [0.3, 0.4) is 0 Å². The zero-order chi connectivity index (χ0) is 15.2. The minimum Gasteiger partial charge on any atom is -0.479 e. The second-order valence-electron chi connectivity index (χ2n) is 5.42. The highest BCUT2D eigenvalue weighted by atomic mass is 16.5. The fourth-order valence-corrected chi connectivity index (χ4v) is 2.40. The van der Waals surface area contributed by atoms with Gasteiger partial charge in [0.25, 0.3) is 5.91 Å². The molecule has 0 bridgehead atoms. The smallest absolute Gasteiger partial charge is 0.260 e. The van der Waals surface area contributed by atoms with E-state index in [1.165, 1.54) is 5.56 Å². The van der Waals surface area contributed by atoms with Gasteiger partial charge in [0.05, 0.1) is 12.3 Å². The van der Waals surface area contributed by atoms with E-state index in [0.717, 1.165) is 24.3 Å². The summed E-state index contributed by atoms with van der Waals surface area (Å²) in [6, 6.07) is 6.40.